The fourth-order valence-corrected chi connectivity index (χ4v) is 2.29. The van der Waals surface area contributed by atoms with Crippen LogP contribution in [0.15, 0.2) is 48.5 Å². The van der Waals surface area contributed by atoms with Crippen molar-refractivity contribution < 1.29 is 9.13 Å². The Bertz CT molecular complexity index is 894. The van der Waals surface area contributed by atoms with E-state index in [4.69, 9.17) is 10.5 Å². The van der Waals surface area contributed by atoms with Crippen LogP contribution in [0.5, 0.6) is 5.75 Å². The third-order valence-electron chi connectivity index (χ3n) is 3.45. The Balaban J connectivity index is 2.17. The van der Waals surface area contributed by atoms with Gasteiger partial charge >= 0.3 is 0 Å². The van der Waals surface area contributed by atoms with Crippen molar-refractivity contribution in [2.45, 2.75) is 0 Å². The number of ether oxygens (including phenoxy) is 1. The molecule has 0 aliphatic heterocycles. The number of benzene rings is 2. The van der Waals surface area contributed by atoms with Gasteiger partial charge in [-0.15, -0.1) is 0 Å². The second-order valence-electron chi connectivity index (χ2n) is 4.84. The highest BCUT2D eigenvalue weighted by atomic mass is 19.1. The van der Waals surface area contributed by atoms with Gasteiger partial charge in [0.15, 0.2) is 0 Å². The molecular formula is C17H13FN4O. The van der Waals surface area contributed by atoms with E-state index in [1.807, 2.05) is 6.07 Å². The molecule has 0 radical (unpaired) electrons. The molecule has 0 amide bonds. The molecule has 0 saturated heterocycles. The summed E-state index contributed by atoms with van der Waals surface area (Å²) in [5.74, 6) is 0.520. The van der Waals surface area contributed by atoms with E-state index in [9.17, 15) is 9.65 Å². The van der Waals surface area contributed by atoms with Crippen molar-refractivity contribution in [3.8, 4) is 28.8 Å². The van der Waals surface area contributed by atoms with Gasteiger partial charge in [0, 0.05) is 11.6 Å². The Morgan fingerprint density at radius 3 is 2.61 bits per heavy atom. The minimum absolute atomic E-state index is 0.222. The van der Waals surface area contributed by atoms with Gasteiger partial charge in [-0.2, -0.15) is 10.4 Å². The fourth-order valence-electron chi connectivity index (χ4n) is 2.29. The van der Waals surface area contributed by atoms with E-state index in [2.05, 4.69) is 11.2 Å². The molecule has 0 bridgehead atoms. The summed E-state index contributed by atoms with van der Waals surface area (Å²) in [6, 6.07) is 15.0. The van der Waals surface area contributed by atoms with E-state index in [0.717, 1.165) is 0 Å². The van der Waals surface area contributed by atoms with Gasteiger partial charge in [-0.25, -0.2) is 9.07 Å². The van der Waals surface area contributed by atoms with Gasteiger partial charge in [-0.3, -0.25) is 0 Å². The van der Waals surface area contributed by atoms with E-state index in [1.54, 1.807) is 37.4 Å². The van der Waals surface area contributed by atoms with Gasteiger partial charge in [-0.05, 0) is 36.4 Å². The predicted molar refractivity (Wildman–Crippen MR) is 84.6 cm³/mol. The second-order valence-corrected chi connectivity index (χ2v) is 4.84. The van der Waals surface area contributed by atoms with Crippen LogP contribution in [0.25, 0.3) is 16.9 Å². The van der Waals surface area contributed by atoms with Crippen molar-refractivity contribution in [1.29, 1.82) is 5.26 Å². The number of hydrogen-bond donors (Lipinski definition) is 1. The summed E-state index contributed by atoms with van der Waals surface area (Å²) >= 11 is 0. The lowest BCUT2D eigenvalue weighted by Crippen LogP contribution is -2.02. The molecular weight excluding hydrogens is 295 g/mol. The molecule has 0 spiro atoms. The molecule has 0 fully saturated rings. The van der Waals surface area contributed by atoms with E-state index < -0.39 is 0 Å². The summed E-state index contributed by atoms with van der Waals surface area (Å²) in [6.07, 6.45) is 0. The molecule has 0 unspecified atom stereocenters. The maximum Gasteiger partial charge on any atom is 0.145 e. The Labute approximate surface area is 132 Å². The molecule has 1 heterocycles. The Morgan fingerprint density at radius 2 is 1.96 bits per heavy atom. The van der Waals surface area contributed by atoms with E-state index in [1.165, 1.54) is 16.8 Å². The van der Waals surface area contributed by atoms with Crippen molar-refractivity contribution in [1.82, 2.24) is 9.78 Å². The van der Waals surface area contributed by atoms with Crippen LogP contribution in [0.2, 0.25) is 0 Å². The number of halogens is 1. The van der Waals surface area contributed by atoms with Crippen molar-refractivity contribution in [2.75, 3.05) is 12.8 Å². The van der Waals surface area contributed by atoms with Crippen LogP contribution in [0, 0.1) is 17.1 Å². The summed E-state index contributed by atoms with van der Waals surface area (Å²) < 4.78 is 19.7. The summed E-state index contributed by atoms with van der Waals surface area (Å²) in [5, 5.41) is 13.8. The van der Waals surface area contributed by atoms with Gasteiger partial charge in [0.2, 0.25) is 0 Å². The fraction of sp³-hybridized carbons (Fsp3) is 0.0588. The number of methoxy groups -OCH3 is 1. The minimum Gasteiger partial charge on any atom is -0.497 e. The number of nitriles is 1. The van der Waals surface area contributed by atoms with E-state index in [0.29, 0.717) is 22.7 Å². The molecule has 3 aromatic rings. The number of hydrogen-bond acceptors (Lipinski definition) is 4. The Morgan fingerprint density at radius 1 is 1.22 bits per heavy atom. The number of nitrogens with two attached hydrogens (primary N) is 1. The lowest BCUT2D eigenvalue weighted by molar-refractivity contribution is 0.414. The largest absolute Gasteiger partial charge is 0.497 e. The third kappa shape index (κ3) is 2.60. The van der Waals surface area contributed by atoms with Crippen molar-refractivity contribution >= 4 is 5.82 Å². The van der Waals surface area contributed by atoms with Gasteiger partial charge in [0.25, 0.3) is 0 Å². The topological polar surface area (TPSA) is 76.9 Å². The highest BCUT2D eigenvalue weighted by Crippen LogP contribution is 2.29. The first-order valence-electron chi connectivity index (χ1n) is 6.83. The average molecular weight is 308 g/mol. The number of anilines is 1. The SMILES string of the molecule is COc1cccc(-n2nc(-c3ccc(F)cc3)c(C#N)c2N)c1. The van der Waals surface area contributed by atoms with Crippen LogP contribution in [-0.2, 0) is 0 Å². The van der Waals surface area contributed by atoms with Gasteiger partial charge in [0.05, 0.1) is 12.8 Å². The van der Waals surface area contributed by atoms with Gasteiger partial charge in [-0.1, -0.05) is 6.07 Å². The zero-order chi connectivity index (χ0) is 16.4. The zero-order valence-corrected chi connectivity index (χ0v) is 12.3. The monoisotopic (exact) mass is 308 g/mol. The molecule has 5 nitrogen and oxygen atoms in total. The molecule has 0 aliphatic carbocycles. The maximum absolute atomic E-state index is 13.1. The number of rotatable bonds is 3. The van der Waals surface area contributed by atoms with Crippen LogP contribution in [0.3, 0.4) is 0 Å². The van der Waals surface area contributed by atoms with Crippen LogP contribution < -0.4 is 10.5 Å². The van der Waals surface area contributed by atoms with Crippen LogP contribution in [0.4, 0.5) is 10.2 Å². The molecule has 6 heteroatoms. The molecule has 0 atom stereocenters. The first-order valence-corrected chi connectivity index (χ1v) is 6.83. The molecule has 0 aliphatic rings. The van der Waals surface area contributed by atoms with Gasteiger partial charge < -0.3 is 10.5 Å². The normalized spacial score (nSPS) is 10.3. The van der Waals surface area contributed by atoms with Crippen molar-refractivity contribution in [3.63, 3.8) is 0 Å². The highest BCUT2D eigenvalue weighted by molar-refractivity contribution is 5.73. The van der Waals surface area contributed by atoms with Crippen LogP contribution >= 0.6 is 0 Å². The summed E-state index contributed by atoms with van der Waals surface area (Å²) in [6.45, 7) is 0. The van der Waals surface area contributed by atoms with Crippen LogP contribution in [0.1, 0.15) is 5.56 Å². The smallest absolute Gasteiger partial charge is 0.145 e. The summed E-state index contributed by atoms with van der Waals surface area (Å²) in [5.41, 5.74) is 8.02. The second kappa shape index (κ2) is 5.81. The lowest BCUT2D eigenvalue weighted by Gasteiger charge is -2.06. The molecule has 2 N–H and O–H groups in total. The van der Waals surface area contributed by atoms with Gasteiger partial charge in [0.1, 0.15) is 34.7 Å². The molecule has 23 heavy (non-hydrogen) atoms. The Kier molecular flexibility index (Phi) is 3.69. The number of nitrogen functional groups attached to an aromatic ring is 1. The predicted octanol–water partition coefficient (Wildman–Crippen LogP) is 3.14. The zero-order valence-electron chi connectivity index (χ0n) is 12.3. The maximum atomic E-state index is 13.1. The average Bonchev–Trinajstić information content (AvgIpc) is 2.92. The molecule has 3 rings (SSSR count). The highest BCUT2D eigenvalue weighted by Gasteiger charge is 2.18. The standard InChI is InChI=1S/C17H13FN4O/c1-23-14-4-2-3-13(9-14)22-17(20)15(10-19)16(21-22)11-5-7-12(18)8-6-11/h2-9H,20H2,1H3. The van der Waals surface area contributed by atoms with Crippen LogP contribution in [-0.4, -0.2) is 16.9 Å². The number of aromatic nitrogens is 2. The third-order valence-corrected chi connectivity index (χ3v) is 3.45. The van der Waals surface area contributed by atoms with E-state index >= 15 is 0 Å². The first-order chi connectivity index (χ1) is 11.1. The molecule has 1 aromatic heterocycles. The lowest BCUT2D eigenvalue weighted by atomic mass is 10.1. The molecule has 2 aromatic carbocycles. The van der Waals surface area contributed by atoms with E-state index in [-0.39, 0.29) is 17.2 Å². The molecule has 114 valence electrons. The minimum atomic E-state index is -0.354. The first kappa shape index (κ1) is 14.6. The summed E-state index contributed by atoms with van der Waals surface area (Å²) in [4.78, 5) is 0. The quantitative estimate of drug-likeness (QED) is 0.806. The Hall–Kier alpha value is -3.33. The van der Waals surface area contributed by atoms with Crippen molar-refractivity contribution in [2.24, 2.45) is 0 Å². The van der Waals surface area contributed by atoms with Crippen molar-refractivity contribution in [3.05, 3.63) is 59.9 Å². The summed E-state index contributed by atoms with van der Waals surface area (Å²) in [7, 11) is 1.57. The molecule has 0 saturated carbocycles. The number of nitrogens with zero attached hydrogens (tertiary/aromatic N) is 3.